The summed E-state index contributed by atoms with van der Waals surface area (Å²) in [5.74, 6) is 0.855. The van der Waals surface area contributed by atoms with E-state index in [4.69, 9.17) is 21.1 Å². The summed E-state index contributed by atoms with van der Waals surface area (Å²) in [5.41, 5.74) is 1.03. The molecule has 0 radical (unpaired) electrons. The van der Waals surface area contributed by atoms with Crippen LogP contribution in [0.4, 0.5) is 0 Å². The minimum absolute atomic E-state index is 0.343. The van der Waals surface area contributed by atoms with Crippen molar-refractivity contribution < 1.29 is 9.47 Å². The predicted octanol–water partition coefficient (Wildman–Crippen LogP) is 2.65. The Hall–Kier alpha value is -0.770. The normalized spacial score (nSPS) is 12.5. The van der Waals surface area contributed by atoms with E-state index in [2.05, 4.69) is 12.2 Å². The van der Waals surface area contributed by atoms with E-state index in [1.807, 2.05) is 25.1 Å². The summed E-state index contributed by atoms with van der Waals surface area (Å²) in [5, 5.41) is 4.07. The molecule has 1 N–H and O–H groups in total. The van der Waals surface area contributed by atoms with Crippen molar-refractivity contribution in [1.29, 1.82) is 0 Å². The Balaban J connectivity index is 2.24. The highest BCUT2D eigenvalue weighted by Crippen LogP contribution is 2.20. The van der Waals surface area contributed by atoms with Gasteiger partial charge in [0.05, 0.1) is 6.61 Å². The lowest BCUT2D eigenvalue weighted by molar-refractivity contribution is 0.169. The summed E-state index contributed by atoms with van der Waals surface area (Å²) >= 11 is 5.94. The van der Waals surface area contributed by atoms with Crippen molar-refractivity contribution >= 4 is 11.6 Å². The molecule has 0 aromatic heterocycles. The van der Waals surface area contributed by atoms with Crippen LogP contribution in [0.15, 0.2) is 18.2 Å². The number of nitrogens with one attached hydrogen (secondary N) is 1. The van der Waals surface area contributed by atoms with Crippen molar-refractivity contribution in [1.82, 2.24) is 5.32 Å². The monoisotopic (exact) mass is 257 g/mol. The van der Waals surface area contributed by atoms with Crippen molar-refractivity contribution in [2.24, 2.45) is 0 Å². The molecule has 0 heterocycles. The lowest BCUT2D eigenvalue weighted by Gasteiger charge is -2.13. The van der Waals surface area contributed by atoms with Crippen molar-refractivity contribution in [2.45, 2.75) is 19.9 Å². The number of hydrogen-bond acceptors (Lipinski definition) is 3. The molecule has 1 unspecified atom stereocenters. The van der Waals surface area contributed by atoms with E-state index in [0.717, 1.165) is 22.9 Å². The van der Waals surface area contributed by atoms with Crippen molar-refractivity contribution in [3.05, 3.63) is 28.8 Å². The van der Waals surface area contributed by atoms with Gasteiger partial charge in [-0.25, -0.2) is 0 Å². The van der Waals surface area contributed by atoms with E-state index < -0.39 is 0 Å². The second-order valence-electron chi connectivity index (χ2n) is 4.07. The van der Waals surface area contributed by atoms with E-state index >= 15 is 0 Å². The zero-order valence-electron chi connectivity index (χ0n) is 10.6. The molecule has 0 fully saturated rings. The van der Waals surface area contributed by atoms with E-state index in [1.165, 1.54) is 0 Å². The predicted molar refractivity (Wildman–Crippen MR) is 71.0 cm³/mol. The van der Waals surface area contributed by atoms with Crippen LogP contribution in [0.5, 0.6) is 5.75 Å². The Morgan fingerprint density at radius 3 is 2.82 bits per heavy atom. The molecule has 1 atom stereocenters. The van der Waals surface area contributed by atoms with Crippen LogP contribution < -0.4 is 10.1 Å². The van der Waals surface area contributed by atoms with Crippen LogP contribution in [0.1, 0.15) is 12.5 Å². The summed E-state index contributed by atoms with van der Waals surface area (Å²) in [7, 11) is 1.70. The first-order valence-electron chi connectivity index (χ1n) is 5.74. The van der Waals surface area contributed by atoms with Crippen molar-refractivity contribution in [3.63, 3.8) is 0 Å². The van der Waals surface area contributed by atoms with Gasteiger partial charge >= 0.3 is 0 Å². The maximum absolute atomic E-state index is 5.94. The molecule has 0 saturated carbocycles. The first kappa shape index (κ1) is 14.3. The molecule has 1 aromatic carbocycles. The average Bonchev–Trinajstić information content (AvgIpc) is 2.29. The molecule has 0 aliphatic carbocycles. The highest BCUT2D eigenvalue weighted by Gasteiger charge is 2.01. The van der Waals surface area contributed by atoms with E-state index in [0.29, 0.717) is 19.3 Å². The number of methoxy groups -OCH3 is 1. The standard InChI is InChI=1S/C13H20ClNO2/c1-10-8-12(4-5-13(10)14)17-7-6-15-11(2)9-16-3/h4-5,8,11,15H,6-7,9H2,1-3H3. The quantitative estimate of drug-likeness (QED) is 0.762. The number of halogens is 1. The third-order valence-electron chi connectivity index (χ3n) is 2.41. The van der Waals surface area contributed by atoms with Crippen LogP contribution in [-0.4, -0.2) is 32.9 Å². The molecule has 0 bridgehead atoms. The molecule has 96 valence electrons. The van der Waals surface area contributed by atoms with Gasteiger partial charge in [-0.2, -0.15) is 0 Å². The molecule has 0 saturated heterocycles. The van der Waals surface area contributed by atoms with Gasteiger partial charge in [-0.15, -0.1) is 0 Å². The second kappa shape index (κ2) is 7.54. The zero-order chi connectivity index (χ0) is 12.7. The van der Waals surface area contributed by atoms with Crippen LogP contribution in [-0.2, 0) is 4.74 Å². The number of ether oxygens (including phenoxy) is 2. The third kappa shape index (κ3) is 5.39. The molecule has 0 aliphatic rings. The van der Waals surface area contributed by atoms with Gasteiger partial charge in [0.1, 0.15) is 12.4 Å². The Labute approximate surface area is 108 Å². The molecule has 3 nitrogen and oxygen atoms in total. The van der Waals surface area contributed by atoms with Crippen molar-refractivity contribution in [3.8, 4) is 5.75 Å². The Morgan fingerprint density at radius 1 is 1.41 bits per heavy atom. The van der Waals surface area contributed by atoms with Gasteiger partial charge in [-0.1, -0.05) is 11.6 Å². The van der Waals surface area contributed by atoms with Crippen LogP contribution in [0.25, 0.3) is 0 Å². The molecule has 0 aliphatic heterocycles. The molecular weight excluding hydrogens is 238 g/mol. The highest BCUT2D eigenvalue weighted by atomic mass is 35.5. The lowest BCUT2D eigenvalue weighted by atomic mass is 10.2. The number of aryl methyl sites for hydroxylation is 1. The maximum Gasteiger partial charge on any atom is 0.119 e. The van der Waals surface area contributed by atoms with E-state index in [1.54, 1.807) is 7.11 Å². The lowest BCUT2D eigenvalue weighted by Crippen LogP contribution is -2.33. The first-order valence-corrected chi connectivity index (χ1v) is 6.12. The molecule has 4 heteroatoms. The molecule has 0 amide bonds. The first-order chi connectivity index (χ1) is 8.13. The number of rotatable bonds is 7. The van der Waals surface area contributed by atoms with Gasteiger partial charge in [0.15, 0.2) is 0 Å². The summed E-state index contributed by atoms with van der Waals surface area (Å²) < 4.78 is 10.6. The van der Waals surface area contributed by atoms with Crippen LogP contribution in [0.2, 0.25) is 5.02 Å². The molecule has 1 aromatic rings. The van der Waals surface area contributed by atoms with Crippen LogP contribution in [0.3, 0.4) is 0 Å². The number of benzene rings is 1. The van der Waals surface area contributed by atoms with Crippen LogP contribution in [0, 0.1) is 6.92 Å². The largest absolute Gasteiger partial charge is 0.492 e. The zero-order valence-corrected chi connectivity index (χ0v) is 11.4. The van der Waals surface area contributed by atoms with Gasteiger partial charge in [-0.05, 0) is 37.6 Å². The Morgan fingerprint density at radius 2 is 2.18 bits per heavy atom. The molecular formula is C13H20ClNO2. The SMILES string of the molecule is COCC(C)NCCOc1ccc(Cl)c(C)c1. The molecule has 1 rings (SSSR count). The third-order valence-corrected chi connectivity index (χ3v) is 2.83. The maximum atomic E-state index is 5.94. The fourth-order valence-electron chi connectivity index (χ4n) is 1.49. The van der Waals surface area contributed by atoms with Gasteiger partial charge in [-0.3, -0.25) is 0 Å². The Bertz CT molecular complexity index is 344. The summed E-state index contributed by atoms with van der Waals surface area (Å²) in [4.78, 5) is 0. The Kier molecular flexibility index (Phi) is 6.34. The van der Waals surface area contributed by atoms with E-state index in [9.17, 15) is 0 Å². The summed E-state index contributed by atoms with van der Waals surface area (Å²) in [6.45, 7) is 6.19. The summed E-state index contributed by atoms with van der Waals surface area (Å²) in [6, 6.07) is 6.03. The highest BCUT2D eigenvalue weighted by molar-refractivity contribution is 6.31. The van der Waals surface area contributed by atoms with Gasteiger partial charge < -0.3 is 14.8 Å². The smallest absolute Gasteiger partial charge is 0.119 e. The fraction of sp³-hybridized carbons (Fsp3) is 0.538. The fourth-order valence-corrected chi connectivity index (χ4v) is 1.61. The van der Waals surface area contributed by atoms with E-state index in [-0.39, 0.29) is 0 Å². The van der Waals surface area contributed by atoms with Gasteiger partial charge in [0.25, 0.3) is 0 Å². The second-order valence-corrected chi connectivity index (χ2v) is 4.48. The summed E-state index contributed by atoms with van der Waals surface area (Å²) in [6.07, 6.45) is 0. The average molecular weight is 258 g/mol. The minimum atomic E-state index is 0.343. The minimum Gasteiger partial charge on any atom is -0.492 e. The van der Waals surface area contributed by atoms with Crippen LogP contribution >= 0.6 is 11.6 Å². The topological polar surface area (TPSA) is 30.5 Å². The molecule has 17 heavy (non-hydrogen) atoms. The van der Waals surface area contributed by atoms with Gasteiger partial charge in [0, 0.05) is 24.7 Å². The molecule has 0 spiro atoms. The number of hydrogen-bond donors (Lipinski definition) is 1. The van der Waals surface area contributed by atoms with Crippen molar-refractivity contribution in [2.75, 3.05) is 26.9 Å². The van der Waals surface area contributed by atoms with Gasteiger partial charge in [0.2, 0.25) is 0 Å².